The molecule has 2 bridgehead atoms. The molecule has 1 saturated carbocycles. The van der Waals surface area contributed by atoms with Gasteiger partial charge in [-0.2, -0.15) is 0 Å². The monoisotopic (exact) mass is 326 g/mol. The van der Waals surface area contributed by atoms with Crippen molar-refractivity contribution < 1.29 is 0 Å². The molecule has 2 heteroatoms. The molecule has 0 spiro atoms. The molecular weight excluding hydrogens is 304 g/mol. The maximum absolute atomic E-state index is 4.86. The Balaban J connectivity index is 1.53. The fraction of sp³-hybridized carbons (Fsp3) is 0.304. The van der Waals surface area contributed by atoms with E-state index in [-0.39, 0.29) is 0 Å². The minimum Gasteiger partial charge on any atom is -0.254 e. The molecular formula is C23H22N2. The van der Waals surface area contributed by atoms with Crippen LogP contribution in [0.25, 0.3) is 22.6 Å². The van der Waals surface area contributed by atoms with Crippen LogP contribution < -0.4 is 0 Å². The molecule has 124 valence electrons. The molecule has 0 N–H and O–H groups in total. The normalized spacial score (nSPS) is 22.8. The summed E-state index contributed by atoms with van der Waals surface area (Å²) in [6.07, 6.45) is 4.64. The zero-order valence-corrected chi connectivity index (χ0v) is 14.7. The molecule has 2 aromatic heterocycles. The number of rotatable bonds is 2. The molecule has 0 unspecified atom stereocenters. The van der Waals surface area contributed by atoms with Crippen LogP contribution in [-0.2, 0) is 6.42 Å². The summed E-state index contributed by atoms with van der Waals surface area (Å²) in [4.78, 5) is 9.63. The third-order valence-electron chi connectivity index (χ3n) is 6.42. The predicted molar refractivity (Wildman–Crippen MR) is 101 cm³/mol. The Hall–Kier alpha value is -2.48. The van der Waals surface area contributed by atoms with Gasteiger partial charge in [-0.25, -0.2) is 4.98 Å². The smallest absolute Gasteiger partial charge is 0.0893 e. The lowest BCUT2D eigenvalue weighted by Gasteiger charge is -2.57. The Kier molecular flexibility index (Phi) is 3.12. The van der Waals surface area contributed by atoms with Crippen LogP contribution in [-0.4, -0.2) is 9.97 Å². The second-order valence-electron chi connectivity index (χ2n) is 8.05. The third kappa shape index (κ3) is 2.24. The van der Waals surface area contributed by atoms with Gasteiger partial charge in [0.25, 0.3) is 0 Å². The van der Waals surface area contributed by atoms with E-state index in [4.69, 9.17) is 9.97 Å². The van der Waals surface area contributed by atoms with Gasteiger partial charge >= 0.3 is 0 Å². The molecule has 6 rings (SSSR count). The van der Waals surface area contributed by atoms with Gasteiger partial charge in [0, 0.05) is 11.8 Å². The lowest BCUT2D eigenvalue weighted by molar-refractivity contribution is 0.0183. The first-order valence-corrected chi connectivity index (χ1v) is 9.14. The van der Waals surface area contributed by atoms with Crippen LogP contribution in [0.15, 0.2) is 60.8 Å². The molecule has 2 nitrogen and oxygen atoms in total. The van der Waals surface area contributed by atoms with Crippen molar-refractivity contribution in [3.8, 4) is 22.6 Å². The number of benzene rings is 1. The van der Waals surface area contributed by atoms with Crippen molar-refractivity contribution in [2.24, 2.45) is 11.3 Å². The maximum atomic E-state index is 4.86. The van der Waals surface area contributed by atoms with Gasteiger partial charge in [-0.15, -0.1) is 0 Å². The van der Waals surface area contributed by atoms with E-state index >= 15 is 0 Å². The number of aromatic nitrogens is 2. The average molecular weight is 326 g/mol. The molecule has 1 aromatic carbocycles. The summed E-state index contributed by atoms with van der Waals surface area (Å²) < 4.78 is 0. The van der Waals surface area contributed by atoms with Gasteiger partial charge in [0.05, 0.1) is 17.1 Å². The highest BCUT2D eigenvalue weighted by Gasteiger charge is 2.52. The quantitative estimate of drug-likeness (QED) is 0.622. The van der Waals surface area contributed by atoms with Gasteiger partial charge in [-0.1, -0.05) is 50.2 Å². The second kappa shape index (κ2) is 5.26. The SMILES string of the molecule is CC1(C)[C@H]2Cc3cc(-c4cccc(-c5ccccc5)n4)ncc3[C@@H]1C2. The molecule has 0 aliphatic heterocycles. The molecule has 3 aliphatic carbocycles. The van der Waals surface area contributed by atoms with Crippen LogP contribution in [0.2, 0.25) is 0 Å². The molecule has 2 atom stereocenters. The van der Waals surface area contributed by atoms with E-state index in [9.17, 15) is 0 Å². The van der Waals surface area contributed by atoms with Gasteiger partial charge in [0.15, 0.2) is 0 Å². The summed E-state index contributed by atoms with van der Waals surface area (Å²) in [6.45, 7) is 4.82. The molecule has 0 amide bonds. The van der Waals surface area contributed by atoms with Crippen LogP contribution >= 0.6 is 0 Å². The lowest BCUT2D eigenvalue weighted by Crippen LogP contribution is -2.48. The van der Waals surface area contributed by atoms with Crippen molar-refractivity contribution in [2.75, 3.05) is 0 Å². The van der Waals surface area contributed by atoms with Crippen LogP contribution in [0, 0.1) is 11.3 Å². The molecule has 3 aliphatic rings. The van der Waals surface area contributed by atoms with E-state index in [0.29, 0.717) is 11.3 Å². The van der Waals surface area contributed by atoms with E-state index in [2.05, 4.69) is 68.6 Å². The van der Waals surface area contributed by atoms with Crippen molar-refractivity contribution in [3.63, 3.8) is 0 Å². The molecule has 2 heterocycles. The van der Waals surface area contributed by atoms with Crippen molar-refractivity contribution in [1.82, 2.24) is 9.97 Å². The van der Waals surface area contributed by atoms with Crippen molar-refractivity contribution in [2.45, 2.75) is 32.6 Å². The Bertz CT molecular complexity index is 943. The number of pyridine rings is 2. The topological polar surface area (TPSA) is 25.8 Å². The summed E-state index contributed by atoms with van der Waals surface area (Å²) in [6, 6.07) is 18.8. The Labute approximate surface area is 149 Å². The van der Waals surface area contributed by atoms with E-state index in [1.165, 1.54) is 24.0 Å². The summed E-state index contributed by atoms with van der Waals surface area (Å²) in [5.74, 6) is 1.51. The van der Waals surface area contributed by atoms with Gasteiger partial charge in [0.1, 0.15) is 0 Å². The lowest BCUT2D eigenvalue weighted by atomic mass is 9.47. The van der Waals surface area contributed by atoms with E-state index in [1.54, 1.807) is 0 Å². The largest absolute Gasteiger partial charge is 0.254 e. The van der Waals surface area contributed by atoms with E-state index in [1.807, 2.05) is 6.07 Å². The molecule has 25 heavy (non-hydrogen) atoms. The molecule has 0 saturated heterocycles. The minimum absolute atomic E-state index is 0.446. The molecule has 3 aromatic rings. The van der Waals surface area contributed by atoms with E-state index in [0.717, 1.165) is 28.6 Å². The third-order valence-corrected chi connectivity index (χ3v) is 6.42. The standard InChI is InChI=1S/C23H22N2/c1-23(2)17-11-16-12-22(24-14-18(16)19(23)13-17)21-10-6-9-20(25-21)15-7-4-3-5-8-15/h3-10,12,14,17,19H,11,13H2,1-2H3/t17-,19-/m0/s1. The highest BCUT2D eigenvalue weighted by atomic mass is 14.8. The maximum Gasteiger partial charge on any atom is 0.0893 e. The van der Waals surface area contributed by atoms with Crippen molar-refractivity contribution in [1.29, 1.82) is 0 Å². The van der Waals surface area contributed by atoms with Gasteiger partial charge in [-0.3, -0.25) is 4.98 Å². The zero-order chi connectivity index (χ0) is 17.0. The first-order valence-electron chi connectivity index (χ1n) is 9.14. The number of nitrogens with zero attached hydrogens (tertiary/aromatic N) is 2. The highest BCUT2D eigenvalue weighted by Crippen LogP contribution is 2.62. The summed E-state index contributed by atoms with van der Waals surface area (Å²) in [5.41, 5.74) is 7.50. The summed E-state index contributed by atoms with van der Waals surface area (Å²) >= 11 is 0. The van der Waals surface area contributed by atoms with Crippen LogP contribution in [0.5, 0.6) is 0 Å². The van der Waals surface area contributed by atoms with Crippen molar-refractivity contribution >= 4 is 0 Å². The minimum atomic E-state index is 0.446. The highest BCUT2D eigenvalue weighted by molar-refractivity contribution is 5.65. The predicted octanol–water partition coefficient (Wildman–Crippen LogP) is 5.50. The fourth-order valence-electron chi connectivity index (χ4n) is 4.64. The van der Waals surface area contributed by atoms with Crippen LogP contribution in [0.4, 0.5) is 0 Å². The summed E-state index contributed by atoms with van der Waals surface area (Å²) in [5, 5.41) is 0. The summed E-state index contributed by atoms with van der Waals surface area (Å²) in [7, 11) is 0. The zero-order valence-electron chi connectivity index (χ0n) is 14.7. The van der Waals surface area contributed by atoms with Gasteiger partial charge in [0.2, 0.25) is 0 Å². The van der Waals surface area contributed by atoms with Crippen LogP contribution in [0.1, 0.15) is 37.3 Å². The molecule has 1 fully saturated rings. The number of hydrogen-bond donors (Lipinski definition) is 0. The van der Waals surface area contributed by atoms with Gasteiger partial charge < -0.3 is 0 Å². The van der Waals surface area contributed by atoms with E-state index < -0.39 is 0 Å². The van der Waals surface area contributed by atoms with Crippen LogP contribution in [0.3, 0.4) is 0 Å². The molecule has 0 radical (unpaired) electrons. The Morgan fingerprint density at radius 3 is 2.52 bits per heavy atom. The Morgan fingerprint density at radius 1 is 0.920 bits per heavy atom. The van der Waals surface area contributed by atoms with Gasteiger partial charge in [-0.05, 0) is 59.4 Å². The first kappa shape index (κ1) is 14.8. The number of hydrogen-bond acceptors (Lipinski definition) is 2. The second-order valence-corrected chi connectivity index (χ2v) is 8.05. The average Bonchev–Trinajstić information content (AvgIpc) is 2.67. The Morgan fingerprint density at radius 2 is 1.72 bits per heavy atom. The fourth-order valence-corrected chi connectivity index (χ4v) is 4.64. The first-order chi connectivity index (χ1) is 12.1. The van der Waals surface area contributed by atoms with Crippen molar-refractivity contribution in [3.05, 3.63) is 71.9 Å².